The highest BCUT2D eigenvalue weighted by molar-refractivity contribution is 6.39. The van der Waals surface area contributed by atoms with Gasteiger partial charge >= 0.3 is 0 Å². The monoisotopic (exact) mass is 310 g/mol. The molecule has 0 aliphatic carbocycles. The molecule has 20 heavy (non-hydrogen) atoms. The van der Waals surface area contributed by atoms with Gasteiger partial charge in [-0.15, -0.1) is 5.11 Å². The minimum Gasteiger partial charge on any atom is -0.399 e. The van der Waals surface area contributed by atoms with Crippen LogP contribution < -0.4 is 5.73 Å². The van der Waals surface area contributed by atoms with Crippen LogP contribution in [0.2, 0.25) is 10.0 Å². The average molecular weight is 311 g/mol. The summed E-state index contributed by atoms with van der Waals surface area (Å²) in [7, 11) is 0. The largest absolute Gasteiger partial charge is 0.399 e. The van der Waals surface area contributed by atoms with Gasteiger partial charge in [0.2, 0.25) is 0 Å². The van der Waals surface area contributed by atoms with Crippen LogP contribution in [-0.2, 0) is 0 Å². The third-order valence-electron chi connectivity index (χ3n) is 2.37. The first-order chi connectivity index (χ1) is 9.47. The highest BCUT2D eigenvalue weighted by atomic mass is 35.5. The lowest BCUT2D eigenvalue weighted by Gasteiger charge is -2.00. The lowest BCUT2D eigenvalue weighted by molar-refractivity contribution is -0.384. The minimum absolute atomic E-state index is 0.0587. The van der Waals surface area contributed by atoms with Gasteiger partial charge < -0.3 is 5.73 Å². The molecule has 0 unspecified atom stereocenters. The van der Waals surface area contributed by atoms with Gasteiger partial charge in [0.05, 0.1) is 20.7 Å². The molecule has 0 saturated carbocycles. The number of nitrogens with zero attached hydrogens (tertiary/aromatic N) is 3. The molecule has 0 saturated heterocycles. The van der Waals surface area contributed by atoms with E-state index in [0.717, 1.165) is 0 Å². The predicted molar refractivity (Wildman–Crippen MR) is 78.1 cm³/mol. The number of rotatable bonds is 3. The van der Waals surface area contributed by atoms with Gasteiger partial charge in [-0.3, -0.25) is 10.1 Å². The zero-order chi connectivity index (χ0) is 14.7. The van der Waals surface area contributed by atoms with Crippen LogP contribution in [0.5, 0.6) is 0 Å². The maximum atomic E-state index is 10.7. The molecule has 0 fully saturated rings. The SMILES string of the molecule is Nc1ccc(N=Nc2c(Cl)cc([N+](=O)[O-])cc2Cl)cc1. The van der Waals surface area contributed by atoms with Crippen LogP contribution in [0, 0.1) is 10.1 Å². The number of nitrogens with two attached hydrogens (primary N) is 1. The molecule has 2 N–H and O–H groups in total. The van der Waals surface area contributed by atoms with Crippen molar-refractivity contribution in [2.45, 2.75) is 0 Å². The summed E-state index contributed by atoms with van der Waals surface area (Å²) in [6, 6.07) is 9.04. The fourth-order valence-electron chi connectivity index (χ4n) is 1.40. The Morgan fingerprint density at radius 1 is 1.05 bits per heavy atom. The van der Waals surface area contributed by atoms with Crippen LogP contribution in [0.4, 0.5) is 22.7 Å². The van der Waals surface area contributed by atoms with Crippen molar-refractivity contribution in [1.29, 1.82) is 0 Å². The number of anilines is 1. The van der Waals surface area contributed by atoms with Crippen LogP contribution in [0.3, 0.4) is 0 Å². The molecule has 2 aromatic rings. The van der Waals surface area contributed by atoms with E-state index in [1.54, 1.807) is 24.3 Å². The summed E-state index contributed by atoms with van der Waals surface area (Å²) in [4.78, 5) is 10.1. The molecule has 102 valence electrons. The second-order valence-electron chi connectivity index (χ2n) is 3.81. The van der Waals surface area contributed by atoms with Crippen molar-refractivity contribution in [3.63, 3.8) is 0 Å². The van der Waals surface area contributed by atoms with Crippen LogP contribution in [0.1, 0.15) is 0 Å². The number of hydrogen-bond acceptors (Lipinski definition) is 5. The van der Waals surface area contributed by atoms with E-state index in [1.165, 1.54) is 12.1 Å². The Balaban J connectivity index is 2.34. The Labute approximate surface area is 124 Å². The number of nitro benzene ring substituents is 1. The van der Waals surface area contributed by atoms with E-state index in [2.05, 4.69) is 10.2 Å². The van der Waals surface area contributed by atoms with Crippen molar-refractivity contribution in [2.75, 3.05) is 5.73 Å². The summed E-state index contributed by atoms with van der Waals surface area (Å²) >= 11 is 11.8. The summed E-state index contributed by atoms with van der Waals surface area (Å²) < 4.78 is 0. The molecule has 2 aromatic carbocycles. The molecule has 0 amide bonds. The lowest BCUT2D eigenvalue weighted by Crippen LogP contribution is -1.87. The predicted octanol–water partition coefficient (Wildman–Crippen LogP) is 4.90. The lowest BCUT2D eigenvalue weighted by atomic mass is 10.3. The van der Waals surface area contributed by atoms with Gasteiger partial charge in [0.15, 0.2) is 0 Å². The average Bonchev–Trinajstić information content (AvgIpc) is 2.39. The van der Waals surface area contributed by atoms with Gasteiger partial charge in [-0.25, -0.2) is 0 Å². The molecule has 0 radical (unpaired) electrons. The van der Waals surface area contributed by atoms with Crippen molar-refractivity contribution in [3.8, 4) is 0 Å². The normalized spacial score (nSPS) is 10.9. The van der Waals surface area contributed by atoms with Crippen molar-refractivity contribution in [1.82, 2.24) is 0 Å². The summed E-state index contributed by atoms with van der Waals surface area (Å²) in [6.45, 7) is 0. The fourth-order valence-corrected chi connectivity index (χ4v) is 1.95. The number of halogens is 2. The van der Waals surface area contributed by atoms with Crippen molar-refractivity contribution < 1.29 is 4.92 Å². The van der Waals surface area contributed by atoms with Crippen LogP contribution in [0.15, 0.2) is 46.6 Å². The first-order valence-electron chi connectivity index (χ1n) is 5.38. The van der Waals surface area contributed by atoms with E-state index in [1.807, 2.05) is 0 Å². The molecule has 0 bridgehead atoms. The number of nitro groups is 1. The summed E-state index contributed by atoms with van der Waals surface area (Å²) in [5.41, 5.74) is 6.69. The molecule has 0 aliphatic rings. The molecule has 2 rings (SSSR count). The Hall–Kier alpha value is -2.18. The quantitative estimate of drug-likeness (QED) is 0.378. The molecule has 0 aliphatic heterocycles. The molecule has 8 heteroatoms. The molecule has 0 spiro atoms. The van der Waals surface area contributed by atoms with Crippen molar-refractivity contribution in [3.05, 3.63) is 56.6 Å². The van der Waals surface area contributed by atoms with Gasteiger partial charge in [0.25, 0.3) is 5.69 Å². The van der Waals surface area contributed by atoms with Crippen molar-refractivity contribution >= 4 is 46.0 Å². The molecule has 6 nitrogen and oxygen atoms in total. The number of azo groups is 1. The number of hydrogen-bond donors (Lipinski definition) is 1. The first-order valence-corrected chi connectivity index (χ1v) is 6.13. The number of non-ortho nitro benzene ring substituents is 1. The second-order valence-corrected chi connectivity index (χ2v) is 4.62. The highest BCUT2D eigenvalue weighted by Crippen LogP contribution is 2.37. The van der Waals surface area contributed by atoms with E-state index in [0.29, 0.717) is 11.4 Å². The molecule has 0 atom stereocenters. The molecular weight excluding hydrogens is 303 g/mol. The highest BCUT2D eigenvalue weighted by Gasteiger charge is 2.14. The van der Waals surface area contributed by atoms with Crippen LogP contribution >= 0.6 is 23.2 Å². The first kappa shape index (κ1) is 14.2. The molecule has 0 heterocycles. The van der Waals surface area contributed by atoms with E-state index < -0.39 is 4.92 Å². The van der Waals surface area contributed by atoms with Gasteiger partial charge in [-0.05, 0) is 24.3 Å². The Morgan fingerprint density at radius 3 is 2.10 bits per heavy atom. The summed E-state index contributed by atoms with van der Waals surface area (Å²) in [5.74, 6) is 0. The standard InChI is InChI=1S/C12H8Cl2N4O2/c13-10-5-9(18(19)20)6-11(14)12(10)17-16-8-3-1-7(15)2-4-8/h1-6H,15H2. The Kier molecular flexibility index (Phi) is 4.16. The van der Waals surface area contributed by atoms with Gasteiger partial charge in [-0.2, -0.15) is 5.11 Å². The topological polar surface area (TPSA) is 93.9 Å². The fraction of sp³-hybridized carbons (Fsp3) is 0. The maximum absolute atomic E-state index is 10.7. The van der Waals surface area contributed by atoms with E-state index in [-0.39, 0.29) is 21.4 Å². The zero-order valence-corrected chi connectivity index (χ0v) is 11.5. The Bertz CT molecular complexity index is 663. The number of nitrogen functional groups attached to an aromatic ring is 1. The minimum atomic E-state index is -0.585. The molecular formula is C12H8Cl2N4O2. The van der Waals surface area contributed by atoms with E-state index >= 15 is 0 Å². The molecule has 0 aromatic heterocycles. The van der Waals surface area contributed by atoms with E-state index in [4.69, 9.17) is 28.9 Å². The van der Waals surface area contributed by atoms with Gasteiger partial charge in [0.1, 0.15) is 5.69 Å². The third-order valence-corrected chi connectivity index (χ3v) is 2.95. The number of benzene rings is 2. The van der Waals surface area contributed by atoms with Crippen LogP contribution in [0.25, 0.3) is 0 Å². The van der Waals surface area contributed by atoms with Gasteiger partial charge in [0, 0.05) is 17.8 Å². The summed E-state index contributed by atoms with van der Waals surface area (Å²) in [5, 5.41) is 18.6. The Morgan fingerprint density at radius 2 is 1.60 bits per heavy atom. The second kappa shape index (κ2) is 5.85. The van der Waals surface area contributed by atoms with Crippen LogP contribution in [-0.4, -0.2) is 4.92 Å². The third kappa shape index (κ3) is 3.23. The zero-order valence-electron chi connectivity index (χ0n) is 9.96. The maximum Gasteiger partial charge on any atom is 0.272 e. The summed E-state index contributed by atoms with van der Waals surface area (Å²) in [6.07, 6.45) is 0. The van der Waals surface area contributed by atoms with Crippen molar-refractivity contribution in [2.24, 2.45) is 10.2 Å². The van der Waals surface area contributed by atoms with E-state index in [9.17, 15) is 10.1 Å². The smallest absolute Gasteiger partial charge is 0.272 e. The van der Waals surface area contributed by atoms with Gasteiger partial charge in [-0.1, -0.05) is 23.2 Å².